The van der Waals surface area contributed by atoms with Gasteiger partial charge in [0.2, 0.25) is 10.0 Å². The van der Waals surface area contributed by atoms with Crippen molar-refractivity contribution < 1.29 is 8.42 Å². The van der Waals surface area contributed by atoms with Crippen LogP contribution in [-0.4, -0.2) is 35.5 Å². The molecule has 6 nitrogen and oxygen atoms in total. The van der Waals surface area contributed by atoms with Crippen molar-refractivity contribution in [1.82, 2.24) is 14.5 Å². The molecular formula is C22H28N4O2S. The number of sulfonamides is 1. The van der Waals surface area contributed by atoms with E-state index in [1.165, 1.54) is 0 Å². The molecule has 0 bridgehead atoms. The molecular weight excluding hydrogens is 384 g/mol. The highest BCUT2D eigenvalue weighted by atomic mass is 32.2. The number of benzene rings is 2. The summed E-state index contributed by atoms with van der Waals surface area (Å²) in [7, 11) is -3.50. The van der Waals surface area contributed by atoms with Gasteiger partial charge in [-0.1, -0.05) is 26.0 Å². The molecule has 0 saturated carbocycles. The second-order valence-electron chi connectivity index (χ2n) is 8.32. The molecule has 0 amide bonds. The van der Waals surface area contributed by atoms with E-state index in [1.54, 1.807) is 16.4 Å². The first kappa shape index (κ1) is 19.9. The van der Waals surface area contributed by atoms with E-state index >= 15 is 0 Å². The number of nitrogens with one attached hydrogen (secondary N) is 1. The van der Waals surface area contributed by atoms with Crippen LogP contribution in [0.4, 0.5) is 5.82 Å². The predicted molar refractivity (Wildman–Crippen MR) is 117 cm³/mol. The lowest BCUT2D eigenvalue weighted by Gasteiger charge is -2.27. The van der Waals surface area contributed by atoms with E-state index < -0.39 is 10.0 Å². The molecule has 0 radical (unpaired) electrons. The molecule has 2 heterocycles. The number of nitrogens with zero attached hydrogens (tertiary/aromatic N) is 2. The van der Waals surface area contributed by atoms with Crippen LogP contribution in [-0.2, 0) is 10.0 Å². The lowest BCUT2D eigenvalue weighted by molar-refractivity contribution is 0.316. The summed E-state index contributed by atoms with van der Waals surface area (Å²) in [6.45, 7) is 8.76. The van der Waals surface area contributed by atoms with E-state index in [2.05, 4.69) is 24.0 Å². The zero-order chi connectivity index (χ0) is 20.9. The van der Waals surface area contributed by atoms with Gasteiger partial charge in [0, 0.05) is 18.0 Å². The Hall–Kier alpha value is -2.38. The van der Waals surface area contributed by atoms with E-state index in [0.717, 1.165) is 46.0 Å². The lowest BCUT2D eigenvalue weighted by atomic mass is 9.94. The molecule has 0 spiro atoms. The van der Waals surface area contributed by atoms with E-state index in [-0.39, 0.29) is 6.04 Å². The molecule has 4 rings (SSSR count). The second kappa shape index (κ2) is 7.15. The van der Waals surface area contributed by atoms with Crippen molar-refractivity contribution >= 4 is 26.7 Å². The minimum Gasteiger partial charge on any atom is -0.382 e. The second-order valence-corrected chi connectivity index (χ2v) is 10.2. The van der Waals surface area contributed by atoms with Gasteiger partial charge in [-0.05, 0) is 73.1 Å². The topological polar surface area (TPSA) is 92.1 Å². The summed E-state index contributed by atoms with van der Waals surface area (Å²) in [5, 5.41) is 7.94. The zero-order valence-corrected chi connectivity index (χ0v) is 18.2. The molecule has 3 N–H and O–H groups in total. The molecule has 1 saturated heterocycles. The summed E-state index contributed by atoms with van der Waals surface area (Å²) in [6.07, 6.45) is 1.85. The van der Waals surface area contributed by atoms with Gasteiger partial charge in [-0.15, -0.1) is 0 Å². The average molecular weight is 413 g/mol. The van der Waals surface area contributed by atoms with Crippen LogP contribution in [0.3, 0.4) is 0 Å². The standard InChI is InChI=1S/C22H28N4O2S/c1-13(2)20-6-5-11-26(20)29(27,28)16-7-8-17(14(3)12-16)18-9-10-19-21(15(18)4)22(23)25-24-19/h7-10,12-13,20H,5-6,11H2,1-4H3,(H3,23,24,25)/t20-/m0/s1. The number of nitrogen functional groups attached to an aromatic ring is 1. The highest BCUT2D eigenvalue weighted by Gasteiger charge is 2.36. The van der Waals surface area contributed by atoms with Crippen molar-refractivity contribution in [3.05, 3.63) is 41.5 Å². The Morgan fingerprint density at radius 1 is 1.17 bits per heavy atom. The molecule has 1 atom stereocenters. The average Bonchev–Trinajstić information content (AvgIpc) is 3.30. The van der Waals surface area contributed by atoms with Gasteiger partial charge < -0.3 is 5.73 Å². The number of aromatic nitrogens is 2. The van der Waals surface area contributed by atoms with Crippen molar-refractivity contribution in [2.45, 2.75) is 51.5 Å². The number of H-pyrrole nitrogens is 1. The Morgan fingerprint density at radius 2 is 1.90 bits per heavy atom. The van der Waals surface area contributed by atoms with Crippen LogP contribution in [0.5, 0.6) is 0 Å². The monoisotopic (exact) mass is 412 g/mol. The van der Waals surface area contributed by atoms with E-state index in [0.29, 0.717) is 23.2 Å². The number of fused-ring (bicyclic) bond motifs is 1. The minimum absolute atomic E-state index is 0.0775. The Bertz CT molecular complexity index is 1180. The maximum Gasteiger partial charge on any atom is 0.243 e. The van der Waals surface area contributed by atoms with Crippen LogP contribution in [0.25, 0.3) is 22.0 Å². The highest BCUT2D eigenvalue weighted by molar-refractivity contribution is 7.89. The first-order valence-electron chi connectivity index (χ1n) is 10.1. The Kier molecular flexibility index (Phi) is 4.91. The molecule has 29 heavy (non-hydrogen) atoms. The minimum atomic E-state index is -3.50. The number of hydrogen-bond acceptors (Lipinski definition) is 4. The van der Waals surface area contributed by atoms with Crippen molar-refractivity contribution in [2.75, 3.05) is 12.3 Å². The van der Waals surface area contributed by atoms with Crippen LogP contribution in [0.2, 0.25) is 0 Å². The number of anilines is 1. The summed E-state index contributed by atoms with van der Waals surface area (Å²) in [5.74, 6) is 0.785. The smallest absolute Gasteiger partial charge is 0.243 e. The molecule has 1 aliphatic heterocycles. The van der Waals surface area contributed by atoms with Crippen LogP contribution < -0.4 is 5.73 Å². The summed E-state index contributed by atoms with van der Waals surface area (Å²) in [5.41, 5.74) is 10.9. The van der Waals surface area contributed by atoms with Crippen molar-refractivity contribution in [1.29, 1.82) is 0 Å². The van der Waals surface area contributed by atoms with Gasteiger partial charge in [0.05, 0.1) is 10.4 Å². The number of hydrogen-bond donors (Lipinski definition) is 2. The van der Waals surface area contributed by atoms with E-state index in [4.69, 9.17) is 5.73 Å². The van der Waals surface area contributed by atoms with Crippen LogP contribution in [0.15, 0.2) is 35.2 Å². The largest absolute Gasteiger partial charge is 0.382 e. The maximum atomic E-state index is 13.3. The Morgan fingerprint density at radius 3 is 2.59 bits per heavy atom. The van der Waals surface area contributed by atoms with Gasteiger partial charge in [-0.3, -0.25) is 5.10 Å². The first-order valence-corrected chi connectivity index (χ1v) is 11.5. The fourth-order valence-electron chi connectivity index (χ4n) is 4.57. The van der Waals surface area contributed by atoms with Gasteiger partial charge in [-0.25, -0.2) is 8.42 Å². The van der Waals surface area contributed by atoms with Gasteiger partial charge in [0.15, 0.2) is 5.82 Å². The summed E-state index contributed by atoms with van der Waals surface area (Å²) < 4.78 is 28.3. The van der Waals surface area contributed by atoms with Gasteiger partial charge in [0.25, 0.3) is 0 Å². The highest BCUT2D eigenvalue weighted by Crippen LogP contribution is 2.35. The molecule has 154 valence electrons. The fourth-order valence-corrected chi connectivity index (χ4v) is 6.48. The number of nitrogens with two attached hydrogens (primary N) is 1. The SMILES string of the molecule is Cc1cc(S(=O)(=O)N2CCC[C@H]2C(C)C)ccc1-c1ccc2[nH]nc(N)c2c1C. The predicted octanol–water partition coefficient (Wildman–Crippen LogP) is 4.24. The normalized spacial score (nSPS) is 18.2. The molecule has 1 aliphatic rings. The number of rotatable bonds is 4. The third-order valence-electron chi connectivity index (χ3n) is 6.13. The van der Waals surface area contributed by atoms with Gasteiger partial charge in [-0.2, -0.15) is 9.40 Å². The summed E-state index contributed by atoms with van der Waals surface area (Å²) >= 11 is 0. The molecule has 2 aromatic carbocycles. The van der Waals surface area contributed by atoms with Gasteiger partial charge >= 0.3 is 0 Å². The van der Waals surface area contributed by atoms with Crippen LogP contribution >= 0.6 is 0 Å². The van der Waals surface area contributed by atoms with E-state index in [1.807, 2.05) is 32.0 Å². The van der Waals surface area contributed by atoms with Crippen LogP contribution in [0.1, 0.15) is 37.8 Å². The third kappa shape index (κ3) is 3.22. The lowest BCUT2D eigenvalue weighted by Crippen LogP contribution is -2.38. The third-order valence-corrected chi connectivity index (χ3v) is 8.05. The quantitative estimate of drug-likeness (QED) is 0.670. The first-order chi connectivity index (χ1) is 13.7. The van der Waals surface area contributed by atoms with Crippen LogP contribution in [0, 0.1) is 19.8 Å². The fraction of sp³-hybridized carbons (Fsp3) is 0.409. The Labute approximate surface area is 172 Å². The van der Waals surface area contributed by atoms with Crippen molar-refractivity contribution in [3.8, 4) is 11.1 Å². The number of aromatic amines is 1. The molecule has 7 heteroatoms. The zero-order valence-electron chi connectivity index (χ0n) is 17.4. The van der Waals surface area contributed by atoms with Crippen molar-refractivity contribution in [3.63, 3.8) is 0 Å². The molecule has 3 aromatic rings. The maximum absolute atomic E-state index is 13.3. The Balaban J connectivity index is 1.76. The number of aryl methyl sites for hydroxylation is 2. The molecule has 1 aromatic heterocycles. The van der Waals surface area contributed by atoms with E-state index in [9.17, 15) is 8.42 Å². The molecule has 1 fully saturated rings. The summed E-state index contributed by atoms with van der Waals surface area (Å²) in [4.78, 5) is 0.368. The van der Waals surface area contributed by atoms with Gasteiger partial charge in [0.1, 0.15) is 0 Å². The molecule has 0 aliphatic carbocycles. The summed E-state index contributed by atoms with van der Waals surface area (Å²) in [6, 6.07) is 9.50. The van der Waals surface area contributed by atoms with Crippen molar-refractivity contribution in [2.24, 2.45) is 5.92 Å². The molecule has 0 unspecified atom stereocenters.